The van der Waals surface area contributed by atoms with Crippen molar-refractivity contribution in [3.63, 3.8) is 0 Å². The minimum atomic E-state index is -0.404. The molecule has 2 aromatic rings. The average molecular weight is 342 g/mol. The number of cyclic esters (lactones) is 1. The molecule has 3 rings (SSSR count). The predicted octanol–water partition coefficient (Wildman–Crippen LogP) is 3.21. The highest BCUT2D eigenvalue weighted by Gasteiger charge is 2.23. The Labute approximate surface area is 144 Å². The van der Waals surface area contributed by atoms with E-state index in [4.69, 9.17) is 4.74 Å². The quantitative estimate of drug-likeness (QED) is 0.618. The van der Waals surface area contributed by atoms with Gasteiger partial charge in [0.15, 0.2) is 0 Å². The van der Waals surface area contributed by atoms with E-state index in [0.29, 0.717) is 25.4 Å². The third-order valence-electron chi connectivity index (χ3n) is 3.96. The molecule has 0 aromatic heterocycles. The minimum absolute atomic E-state index is 0.0460. The van der Waals surface area contributed by atoms with Gasteiger partial charge < -0.3 is 15.4 Å². The van der Waals surface area contributed by atoms with Gasteiger partial charge in [-0.2, -0.15) is 0 Å². The van der Waals surface area contributed by atoms with Gasteiger partial charge in [0.1, 0.15) is 12.3 Å². The second-order valence-electron chi connectivity index (χ2n) is 5.53. The highest BCUT2D eigenvalue weighted by Crippen LogP contribution is 2.26. The number of benzene rings is 2. The SMILES string of the molecule is CNc1ccc(CNc2ccc(N3CCOC3=O)cc2)cc1[N+](=O)[O-]. The first kappa shape index (κ1) is 16.6. The largest absolute Gasteiger partial charge is 0.447 e. The van der Waals surface area contributed by atoms with Crippen LogP contribution in [0.25, 0.3) is 0 Å². The molecule has 1 aliphatic heterocycles. The Morgan fingerprint density at radius 3 is 2.60 bits per heavy atom. The molecule has 130 valence electrons. The van der Waals surface area contributed by atoms with Crippen LogP contribution in [0.5, 0.6) is 0 Å². The maximum absolute atomic E-state index is 11.5. The van der Waals surface area contributed by atoms with E-state index < -0.39 is 4.92 Å². The Kier molecular flexibility index (Phi) is 4.69. The molecule has 2 N–H and O–H groups in total. The Morgan fingerprint density at radius 1 is 1.24 bits per heavy atom. The molecule has 1 heterocycles. The lowest BCUT2D eigenvalue weighted by molar-refractivity contribution is -0.384. The minimum Gasteiger partial charge on any atom is -0.447 e. The van der Waals surface area contributed by atoms with Crippen molar-refractivity contribution < 1.29 is 14.5 Å². The standard InChI is InChI=1S/C17H18N4O4/c1-18-15-7-2-12(10-16(15)21(23)24)11-19-13-3-5-14(6-4-13)20-8-9-25-17(20)22/h2-7,10,18-19H,8-9,11H2,1H3. The van der Waals surface area contributed by atoms with Crippen molar-refractivity contribution in [2.24, 2.45) is 0 Å². The van der Waals surface area contributed by atoms with Crippen LogP contribution in [0, 0.1) is 10.1 Å². The normalized spacial score (nSPS) is 13.5. The fourth-order valence-electron chi connectivity index (χ4n) is 2.64. The molecule has 1 fully saturated rings. The van der Waals surface area contributed by atoms with E-state index in [1.807, 2.05) is 30.3 Å². The fraction of sp³-hybridized carbons (Fsp3) is 0.235. The van der Waals surface area contributed by atoms with E-state index in [1.165, 1.54) is 0 Å². The van der Waals surface area contributed by atoms with Gasteiger partial charge in [0.2, 0.25) is 0 Å². The van der Waals surface area contributed by atoms with Crippen LogP contribution < -0.4 is 15.5 Å². The zero-order valence-electron chi connectivity index (χ0n) is 13.7. The lowest BCUT2D eigenvalue weighted by Crippen LogP contribution is -2.23. The number of nitro groups is 1. The Hall–Kier alpha value is -3.29. The molecule has 1 amide bonds. The summed E-state index contributed by atoms with van der Waals surface area (Å²) in [6.45, 7) is 1.41. The van der Waals surface area contributed by atoms with E-state index in [0.717, 1.165) is 16.9 Å². The van der Waals surface area contributed by atoms with Crippen molar-refractivity contribution >= 4 is 28.8 Å². The number of amides is 1. The molecule has 8 nitrogen and oxygen atoms in total. The van der Waals surface area contributed by atoms with E-state index in [1.54, 1.807) is 24.1 Å². The van der Waals surface area contributed by atoms with Gasteiger partial charge in [-0.15, -0.1) is 0 Å². The van der Waals surface area contributed by atoms with Crippen LogP contribution >= 0.6 is 0 Å². The second-order valence-corrected chi connectivity index (χ2v) is 5.53. The van der Waals surface area contributed by atoms with Crippen LogP contribution in [0.2, 0.25) is 0 Å². The molecule has 0 spiro atoms. The van der Waals surface area contributed by atoms with Crippen LogP contribution in [0.4, 0.5) is 27.5 Å². The van der Waals surface area contributed by atoms with Gasteiger partial charge in [0.25, 0.3) is 5.69 Å². The summed E-state index contributed by atoms with van der Waals surface area (Å²) in [5.41, 5.74) is 2.97. The third kappa shape index (κ3) is 3.63. The molecule has 25 heavy (non-hydrogen) atoms. The van der Waals surface area contributed by atoms with Gasteiger partial charge >= 0.3 is 6.09 Å². The number of carbonyl (C=O) groups excluding carboxylic acids is 1. The summed E-state index contributed by atoms with van der Waals surface area (Å²) in [5, 5.41) is 17.1. The molecular formula is C17H18N4O4. The summed E-state index contributed by atoms with van der Waals surface area (Å²) in [6, 6.07) is 12.5. The van der Waals surface area contributed by atoms with E-state index in [9.17, 15) is 14.9 Å². The van der Waals surface area contributed by atoms with Crippen LogP contribution in [-0.2, 0) is 11.3 Å². The lowest BCUT2D eigenvalue weighted by atomic mass is 10.1. The molecule has 0 unspecified atom stereocenters. The maximum Gasteiger partial charge on any atom is 0.414 e. The van der Waals surface area contributed by atoms with Crippen molar-refractivity contribution in [3.05, 3.63) is 58.1 Å². The number of hydrogen-bond acceptors (Lipinski definition) is 6. The monoisotopic (exact) mass is 342 g/mol. The molecule has 0 bridgehead atoms. The summed E-state index contributed by atoms with van der Waals surface area (Å²) in [4.78, 5) is 23.8. The number of rotatable bonds is 6. The van der Waals surface area contributed by atoms with Crippen LogP contribution in [0.15, 0.2) is 42.5 Å². The van der Waals surface area contributed by atoms with Gasteiger partial charge in [-0.25, -0.2) is 4.79 Å². The van der Waals surface area contributed by atoms with Crippen molar-refractivity contribution in [1.29, 1.82) is 0 Å². The number of nitrogens with one attached hydrogen (secondary N) is 2. The van der Waals surface area contributed by atoms with Crippen molar-refractivity contribution in [3.8, 4) is 0 Å². The third-order valence-corrected chi connectivity index (χ3v) is 3.96. The fourth-order valence-corrected chi connectivity index (χ4v) is 2.64. The first-order chi connectivity index (χ1) is 12.1. The van der Waals surface area contributed by atoms with Gasteiger partial charge in [0, 0.05) is 31.0 Å². The van der Waals surface area contributed by atoms with Crippen LogP contribution in [0.1, 0.15) is 5.56 Å². The average Bonchev–Trinajstić information content (AvgIpc) is 3.06. The molecule has 8 heteroatoms. The van der Waals surface area contributed by atoms with Crippen LogP contribution in [-0.4, -0.2) is 31.2 Å². The molecule has 1 saturated heterocycles. The van der Waals surface area contributed by atoms with E-state index in [-0.39, 0.29) is 11.8 Å². The number of carbonyl (C=O) groups is 1. The molecule has 1 aliphatic rings. The smallest absolute Gasteiger partial charge is 0.414 e. The summed E-state index contributed by atoms with van der Waals surface area (Å²) in [5.74, 6) is 0. The number of nitro benzene ring substituents is 1. The summed E-state index contributed by atoms with van der Waals surface area (Å²) in [7, 11) is 1.65. The second kappa shape index (κ2) is 7.08. The van der Waals surface area contributed by atoms with Gasteiger partial charge in [0.05, 0.1) is 11.5 Å². The van der Waals surface area contributed by atoms with E-state index in [2.05, 4.69) is 10.6 Å². The van der Waals surface area contributed by atoms with Gasteiger partial charge in [-0.3, -0.25) is 15.0 Å². The summed E-state index contributed by atoms with van der Waals surface area (Å²) in [6.07, 6.45) is -0.336. The highest BCUT2D eigenvalue weighted by atomic mass is 16.6. The maximum atomic E-state index is 11.5. The first-order valence-electron chi connectivity index (χ1n) is 7.82. The lowest BCUT2D eigenvalue weighted by Gasteiger charge is -2.14. The Balaban J connectivity index is 1.66. The number of nitrogens with zero attached hydrogens (tertiary/aromatic N) is 2. The first-order valence-corrected chi connectivity index (χ1v) is 7.82. The molecular weight excluding hydrogens is 324 g/mol. The Bertz CT molecular complexity index is 792. The van der Waals surface area contributed by atoms with E-state index >= 15 is 0 Å². The molecule has 0 radical (unpaired) electrons. The zero-order chi connectivity index (χ0) is 17.8. The van der Waals surface area contributed by atoms with Crippen LogP contribution in [0.3, 0.4) is 0 Å². The number of hydrogen-bond donors (Lipinski definition) is 2. The zero-order valence-corrected chi connectivity index (χ0v) is 13.7. The summed E-state index contributed by atoms with van der Waals surface area (Å²) >= 11 is 0. The topological polar surface area (TPSA) is 96.7 Å². The van der Waals surface area contributed by atoms with Crippen molar-refractivity contribution in [1.82, 2.24) is 0 Å². The predicted molar refractivity (Wildman–Crippen MR) is 95.1 cm³/mol. The number of ether oxygens (including phenoxy) is 1. The molecule has 0 atom stereocenters. The van der Waals surface area contributed by atoms with Crippen molar-refractivity contribution in [2.45, 2.75) is 6.54 Å². The Morgan fingerprint density at radius 2 is 2.00 bits per heavy atom. The van der Waals surface area contributed by atoms with Crippen molar-refractivity contribution in [2.75, 3.05) is 35.7 Å². The molecule has 2 aromatic carbocycles. The number of anilines is 3. The molecule has 0 aliphatic carbocycles. The van der Waals surface area contributed by atoms with Gasteiger partial charge in [-0.05, 0) is 35.9 Å². The highest BCUT2D eigenvalue weighted by molar-refractivity contribution is 5.89. The summed E-state index contributed by atoms with van der Waals surface area (Å²) < 4.78 is 4.92. The molecule has 0 saturated carbocycles. The van der Waals surface area contributed by atoms with Gasteiger partial charge in [-0.1, -0.05) is 6.07 Å².